The second kappa shape index (κ2) is 6.95. The van der Waals surface area contributed by atoms with E-state index < -0.39 is 5.97 Å². The number of carbonyl (C=O) groups is 1. The summed E-state index contributed by atoms with van der Waals surface area (Å²) in [6.07, 6.45) is 0.951. The van der Waals surface area contributed by atoms with Crippen molar-refractivity contribution in [3.63, 3.8) is 0 Å². The van der Waals surface area contributed by atoms with Gasteiger partial charge in [0.25, 0.3) is 0 Å². The van der Waals surface area contributed by atoms with Crippen LogP contribution in [-0.4, -0.2) is 22.7 Å². The predicted octanol–water partition coefficient (Wildman–Crippen LogP) is 3.97. The molecule has 1 aromatic carbocycles. The summed E-state index contributed by atoms with van der Waals surface area (Å²) >= 11 is 5.78. The molecule has 0 amide bonds. The van der Waals surface area contributed by atoms with Crippen molar-refractivity contribution in [2.45, 2.75) is 13.3 Å². The van der Waals surface area contributed by atoms with Crippen molar-refractivity contribution in [3.05, 3.63) is 47.1 Å². The van der Waals surface area contributed by atoms with Gasteiger partial charge in [0.2, 0.25) is 0 Å². The first-order valence-corrected chi connectivity index (χ1v) is 6.87. The summed E-state index contributed by atoms with van der Waals surface area (Å²) in [6.45, 7) is 2.72. The van der Waals surface area contributed by atoms with E-state index in [1.165, 1.54) is 6.07 Å². The van der Waals surface area contributed by atoms with Gasteiger partial charge in [-0.3, -0.25) is 0 Å². The van der Waals surface area contributed by atoms with E-state index in [4.69, 9.17) is 21.4 Å². The molecule has 0 spiro atoms. The summed E-state index contributed by atoms with van der Waals surface area (Å²) in [5.41, 5.74) is 0.606. The number of rotatable bonds is 6. The lowest BCUT2D eigenvalue weighted by atomic mass is 10.3. The van der Waals surface area contributed by atoms with Crippen LogP contribution < -0.4 is 10.1 Å². The van der Waals surface area contributed by atoms with E-state index in [0.717, 1.165) is 17.9 Å². The molecule has 2 rings (SSSR count). The minimum atomic E-state index is -1.16. The average Bonchev–Trinajstić information content (AvgIpc) is 2.48. The van der Waals surface area contributed by atoms with Crippen LogP contribution in [0.15, 0.2) is 36.4 Å². The van der Waals surface area contributed by atoms with E-state index in [-0.39, 0.29) is 10.7 Å². The maximum absolute atomic E-state index is 11.0. The molecule has 0 aliphatic carbocycles. The third-order valence-electron chi connectivity index (χ3n) is 2.65. The zero-order valence-electron chi connectivity index (χ0n) is 11.5. The number of aromatic carboxylic acids is 1. The Bertz CT molecular complexity index is 629. The molecule has 2 aromatic rings. The second-order valence-corrected chi connectivity index (χ2v) is 4.74. The number of nitrogens with one attached hydrogen (secondary N) is 1. The molecule has 0 aliphatic rings. The van der Waals surface area contributed by atoms with Gasteiger partial charge in [-0.2, -0.15) is 0 Å². The van der Waals surface area contributed by atoms with Crippen molar-refractivity contribution in [2.24, 2.45) is 0 Å². The highest BCUT2D eigenvalue weighted by Gasteiger charge is 2.11. The fraction of sp³-hybridized carbons (Fsp3) is 0.200. The van der Waals surface area contributed by atoms with Crippen molar-refractivity contribution >= 4 is 29.1 Å². The molecule has 6 heteroatoms. The molecule has 0 saturated carbocycles. The van der Waals surface area contributed by atoms with Gasteiger partial charge in [-0.15, -0.1) is 0 Å². The lowest BCUT2D eigenvalue weighted by molar-refractivity contribution is 0.0691. The van der Waals surface area contributed by atoms with E-state index >= 15 is 0 Å². The highest BCUT2D eigenvalue weighted by molar-refractivity contribution is 6.33. The molecule has 0 radical (unpaired) electrons. The van der Waals surface area contributed by atoms with Gasteiger partial charge in [0, 0.05) is 5.69 Å². The molecule has 0 atom stereocenters. The fourth-order valence-electron chi connectivity index (χ4n) is 1.66. The zero-order chi connectivity index (χ0) is 15.2. The van der Waals surface area contributed by atoms with Gasteiger partial charge >= 0.3 is 5.97 Å². The van der Waals surface area contributed by atoms with Gasteiger partial charge < -0.3 is 15.2 Å². The molecule has 1 heterocycles. The minimum absolute atomic E-state index is 0.108. The maximum atomic E-state index is 11.0. The van der Waals surface area contributed by atoms with Crippen LogP contribution in [0.2, 0.25) is 5.02 Å². The van der Waals surface area contributed by atoms with E-state index in [1.54, 1.807) is 6.07 Å². The number of anilines is 2. The first-order valence-electron chi connectivity index (χ1n) is 6.50. The largest absolute Gasteiger partial charge is 0.494 e. The van der Waals surface area contributed by atoms with Crippen molar-refractivity contribution in [3.8, 4) is 5.75 Å². The van der Waals surface area contributed by atoms with E-state index in [9.17, 15) is 4.79 Å². The smallest absolute Gasteiger partial charge is 0.356 e. The fourth-order valence-corrected chi connectivity index (χ4v) is 1.85. The molecule has 0 unspecified atom stereocenters. The molecule has 110 valence electrons. The molecular weight excluding hydrogens is 292 g/mol. The first-order chi connectivity index (χ1) is 10.1. The van der Waals surface area contributed by atoms with Gasteiger partial charge in [0.05, 0.1) is 11.6 Å². The quantitative estimate of drug-likeness (QED) is 0.845. The molecule has 0 bridgehead atoms. The highest BCUT2D eigenvalue weighted by atomic mass is 35.5. The molecule has 0 saturated heterocycles. The predicted molar refractivity (Wildman–Crippen MR) is 81.7 cm³/mol. The number of aromatic nitrogens is 1. The molecule has 5 nitrogen and oxygen atoms in total. The summed E-state index contributed by atoms with van der Waals surface area (Å²) in [4.78, 5) is 14.9. The Balaban J connectivity index is 2.11. The van der Waals surface area contributed by atoms with Crippen molar-refractivity contribution < 1.29 is 14.6 Å². The van der Waals surface area contributed by atoms with Crippen LogP contribution in [0.3, 0.4) is 0 Å². The molecule has 2 N–H and O–H groups in total. The Morgan fingerprint density at radius 1 is 1.29 bits per heavy atom. The molecule has 0 fully saturated rings. The molecule has 0 aliphatic heterocycles. The molecule has 1 aromatic heterocycles. The third kappa shape index (κ3) is 4.10. The standard InChI is InChI=1S/C15H15ClN2O3/c1-2-9-21-11-5-3-10(4-6-11)17-13-8-7-12(16)14(18-13)15(19)20/h3-8H,2,9H2,1H3,(H,17,18)(H,19,20). The summed E-state index contributed by atoms with van der Waals surface area (Å²) in [6, 6.07) is 10.5. The minimum Gasteiger partial charge on any atom is -0.494 e. The van der Waals surface area contributed by atoms with Gasteiger partial charge in [-0.25, -0.2) is 9.78 Å². The number of hydrogen-bond donors (Lipinski definition) is 2. The topological polar surface area (TPSA) is 71.5 Å². The number of benzene rings is 1. The van der Waals surface area contributed by atoms with Gasteiger partial charge in [0.1, 0.15) is 11.6 Å². The van der Waals surface area contributed by atoms with Gasteiger partial charge in [0.15, 0.2) is 5.69 Å². The van der Waals surface area contributed by atoms with Crippen molar-refractivity contribution in [1.82, 2.24) is 4.98 Å². The summed E-state index contributed by atoms with van der Waals surface area (Å²) < 4.78 is 5.49. The monoisotopic (exact) mass is 306 g/mol. The Morgan fingerprint density at radius 2 is 2.00 bits per heavy atom. The van der Waals surface area contributed by atoms with E-state index in [1.807, 2.05) is 31.2 Å². The lowest BCUT2D eigenvalue weighted by Gasteiger charge is -2.09. The zero-order valence-corrected chi connectivity index (χ0v) is 12.2. The van der Waals surface area contributed by atoms with E-state index in [0.29, 0.717) is 12.4 Å². The van der Waals surface area contributed by atoms with Crippen LogP contribution in [0.4, 0.5) is 11.5 Å². The average molecular weight is 307 g/mol. The number of pyridine rings is 1. The molecular formula is C15H15ClN2O3. The number of nitrogens with zero attached hydrogens (tertiary/aromatic N) is 1. The van der Waals surface area contributed by atoms with Crippen LogP contribution in [-0.2, 0) is 0 Å². The Morgan fingerprint density at radius 3 is 2.62 bits per heavy atom. The van der Waals surface area contributed by atoms with E-state index in [2.05, 4.69) is 10.3 Å². The molecule has 21 heavy (non-hydrogen) atoms. The Labute approximate surface area is 127 Å². The van der Waals surface area contributed by atoms with Gasteiger partial charge in [-0.05, 0) is 42.8 Å². The van der Waals surface area contributed by atoms with Gasteiger partial charge in [-0.1, -0.05) is 18.5 Å². The Kier molecular flexibility index (Phi) is 5.00. The summed E-state index contributed by atoms with van der Waals surface area (Å²) in [5, 5.41) is 12.1. The van der Waals surface area contributed by atoms with Crippen LogP contribution in [0.1, 0.15) is 23.8 Å². The number of carboxylic acid groups (broad SMARTS) is 1. The number of ether oxygens (including phenoxy) is 1. The van der Waals surface area contributed by atoms with Crippen molar-refractivity contribution in [2.75, 3.05) is 11.9 Å². The number of carboxylic acids is 1. The second-order valence-electron chi connectivity index (χ2n) is 4.33. The maximum Gasteiger partial charge on any atom is 0.356 e. The summed E-state index contributed by atoms with van der Waals surface area (Å²) in [7, 11) is 0. The van der Waals surface area contributed by atoms with Crippen LogP contribution in [0.5, 0.6) is 5.75 Å². The summed E-state index contributed by atoms with van der Waals surface area (Å²) in [5.74, 6) is 0.0451. The van der Waals surface area contributed by atoms with Crippen LogP contribution in [0.25, 0.3) is 0 Å². The highest BCUT2D eigenvalue weighted by Crippen LogP contribution is 2.22. The van der Waals surface area contributed by atoms with Crippen molar-refractivity contribution in [1.29, 1.82) is 0 Å². The number of hydrogen-bond acceptors (Lipinski definition) is 4. The number of halogens is 1. The van der Waals surface area contributed by atoms with Crippen LogP contribution >= 0.6 is 11.6 Å². The normalized spacial score (nSPS) is 10.2. The first kappa shape index (κ1) is 15.1. The third-order valence-corrected chi connectivity index (χ3v) is 2.95. The Hall–Kier alpha value is -2.27. The SMILES string of the molecule is CCCOc1ccc(Nc2ccc(Cl)c(C(=O)O)n2)cc1. The van der Waals surface area contributed by atoms with Crippen LogP contribution in [0, 0.1) is 0 Å². The lowest BCUT2D eigenvalue weighted by Crippen LogP contribution is -2.04.